The van der Waals surface area contributed by atoms with E-state index in [1.54, 1.807) is 42.5 Å². The normalized spacial score (nSPS) is 11.4. The Morgan fingerprint density at radius 3 is 2.33 bits per heavy atom. The van der Waals surface area contributed by atoms with Gasteiger partial charge in [0.15, 0.2) is 0 Å². The Kier molecular flexibility index (Phi) is 9.95. The summed E-state index contributed by atoms with van der Waals surface area (Å²) in [7, 11) is 2.95. The topological polar surface area (TPSA) is 125 Å². The van der Waals surface area contributed by atoms with Gasteiger partial charge in [0.05, 0.1) is 14.2 Å². The van der Waals surface area contributed by atoms with Crippen molar-refractivity contribution in [2.45, 2.75) is 25.5 Å². The number of aromatic nitrogens is 2. The minimum Gasteiger partial charge on any atom is -0.496 e. The van der Waals surface area contributed by atoms with E-state index in [-0.39, 0.29) is 18.1 Å². The lowest BCUT2D eigenvalue weighted by Gasteiger charge is -2.18. The first kappa shape index (κ1) is 28.4. The van der Waals surface area contributed by atoms with E-state index in [1.807, 2.05) is 30.3 Å². The Morgan fingerprint density at radius 2 is 1.65 bits per heavy atom. The molecule has 0 aliphatic rings. The number of methoxy groups -OCH3 is 2. The number of rotatable bonds is 12. The van der Waals surface area contributed by atoms with Crippen molar-refractivity contribution in [2.24, 2.45) is 0 Å². The van der Waals surface area contributed by atoms with Gasteiger partial charge in [-0.15, -0.1) is 0 Å². The summed E-state index contributed by atoms with van der Waals surface area (Å²) < 4.78 is 21.6. The monoisotopic (exact) mass is 564 g/mol. The van der Waals surface area contributed by atoms with Crippen LogP contribution >= 0.6 is 11.6 Å². The fourth-order valence-electron chi connectivity index (χ4n) is 3.93. The summed E-state index contributed by atoms with van der Waals surface area (Å²) >= 11 is 5.99. The summed E-state index contributed by atoms with van der Waals surface area (Å²) in [4.78, 5) is 30.0. The molecule has 0 spiro atoms. The molecule has 0 aliphatic heterocycles. The third kappa shape index (κ3) is 7.51. The predicted molar refractivity (Wildman–Crippen MR) is 148 cm³/mol. The van der Waals surface area contributed by atoms with E-state index in [0.29, 0.717) is 47.3 Å². The standard InChI is InChI=1S/C29H29ClN4O6/c1-37-23-11-6-12-24(38-2)25(23)27(35)32-22(28-33-26(34-40-28)20-13-15-21(30)16-14-20)10-7-17-31-29(36)39-18-19-8-4-3-5-9-19/h3-6,8-9,11-16,22H,7,10,17-18H2,1-2H3,(H,31,36)(H,32,35). The number of alkyl carbamates (subject to hydrolysis) is 1. The molecule has 2 N–H and O–H groups in total. The summed E-state index contributed by atoms with van der Waals surface area (Å²) in [5, 5.41) is 10.3. The minimum absolute atomic E-state index is 0.168. The third-order valence-corrected chi connectivity index (χ3v) is 6.21. The molecule has 40 heavy (non-hydrogen) atoms. The quantitative estimate of drug-likeness (QED) is 0.213. The van der Waals surface area contributed by atoms with Crippen LogP contribution in [0.1, 0.15) is 40.7 Å². The molecule has 2 amide bonds. The molecule has 1 atom stereocenters. The van der Waals surface area contributed by atoms with Crippen molar-refractivity contribution in [1.29, 1.82) is 0 Å². The van der Waals surface area contributed by atoms with Crippen molar-refractivity contribution < 1.29 is 28.3 Å². The first-order chi connectivity index (χ1) is 19.5. The molecule has 1 heterocycles. The average molecular weight is 565 g/mol. The van der Waals surface area contributed by atoms with Gasteiger partial charge >= 0.3 is 6.09 Å². The molecular formula is C29H29ClN4O6. The Balaban J connectivity index is 1.44. The van der Waals surface area contributed by atoms with Gasteiger partial charge in [-0.2, -0.15) is 4.98 Å². The maximum atomic E-state index is 13.4. The van der Waals surface area contributed by atoms with E-state index in [2.05, 4.69) is 20.8 Å². The summed E-state index contributed by atoms with van der Waals surface area (Å²) in [5.74, 6) is 0.819. The Morgan fingerprint density at radius 1 is 0.950 bits per heavy atom. The van der Waals surface area contributed by atoms with Gasteiger partial charge in [-0.1, -0.05) is 53.2 Å². The number of nitrogens with zero attached hydrogens (tertiary/aromatic N) is 2. The minimum atomic E-state index is -0.669. The van der Waals surface area contributed by atoms with Gasteiger partial charge in [-0.25, -0.2) is 4.79 Å². The van der Waals surface area contributed by atoms with E-state index >= 15 is 0 Å². The second-order valence-electron chi connectivity index (χ2n) is 8.66. The lowest BCUT2D eigenvalue weighted by atomic mass is 10.1. The smallest absolute Gasteiger partial charge is 0.407 e. The second-order valence-corrected chi connectivity index (χ2v) is 9.09. The Bertz CT molecular complexity index is 1390. The zero-order valence-corrected chi connectivity index (χ0v) is 22.8. The fourth-order valence-corrected chi connectivity index (χ4v) is 4.05. The molecule has 0 radical (unpaired) electrons. The van der Waals surface area contributed by atoms with Crippen molar-refractivity contribution in [3.05, 3.63) is 94.8 Å². The number of ether oxygens (including phenoxy) is 3. The first-order valence-corrected chi connectivity index (χ1v) is 12.9. The van der Waals surface area contributed by atoms with E-state index in [4.69, 9.17) is 30.3 Å². The third-order valence-electron chi connectivity index (χ3n) is 5.95. The number of hydrogen-bond acceptors (Lipinski definition) is 8. The Labute approximate surface area is 236 Å². The number of benzene rings is 3. The SMILES string of the molecule is COc1cccc(OC)c1C(=O)NC(CCCNC(=O)OCc1ccccc1)c1nc(-c2ccc(Cl)cc2)no1. The summed E-state index contributed by atoms with van der Waals surface area (Å²) in [6, 6.07) is 20.8. The number of halogens is 1. The molecule has 0 saturated heterocycles. The van der Waals surface area contributed by atoms with Crippen LogP contribution in [0.25, 0.3) is 11.4 Å². The highest BCUT2D eigenvalue weighted by molar-refractivity contribution is 6.30. The number of carbonyl (C=O) groups excluding carboxylic acids is 2. The molecule has 1 aromatic heterocycles. The van der Waals surface area contributed by atoms with E-state index < -0.39 is 18.0 Å². The fraction of sp³-hybridized carbons (Fsp3) is 0.241. The molecule has 0 aliphatic carbocycles. The van der Waals surface area contributed by atoms with Crippen LogP contribution in [-0.4, -0.2) is 42.9 Å². The number of amides is 2. The maximum absolute atomic E-state index is 13.4. The lowest BCUT2D eigenvalue weighted by molar-refractivity contribution is 0.0918. The maximum Gasteiger partial charge on any atom is 0.407 e. The molecule has 0 bridgehead atoms. The second kappa shape index (κ2) is 14.0. The molecule has 0 saturated carbocycles. The zero-order valence-electron chi connectivity index (χ0n) is 22.1. The first-order valence-electron chi connectivity index (χ1n) is 12.5. The Hall–Kier alpha value is -4.57. The van der Waals surface area contributed by atoms with Crippen LogP contribution in [0.15, 0.2) is 77.3 Å². The van der Waals surface area contributed by atoms with Crippen LogP contribution < -0.4 is 20.1 Å². The molecular weight excluding hydrogens is 536 g/mol. The van der Waals surface area contributed by atoms with Crippen molar-refractivity contribution in [3.63, 3.8) is 0 Å². The number of carbonyl (C=O) groups is 2. The van der Waals surface area contributed by atoms with Crippen LogP contribution in [-0.2, 0) is 11.3 Å². The lowest BCUT2D eigenvalue weighted by Crippen LogP contribution is -2.31. The van der Waals surface area contributed by atoms with Crippen LogP contribution in [0, 0.1) is 0 Å². The predicted octanol–water partition coefficient (Wildman–Crippen LogP) is 5.58. The van der Waals surface area contributed by atoms with Crippen molar-refractivity contribution >= 4 is 23.6 Å². The number of nitrogens with one attached hydrogen (secondary N) is 2. The van der Waals surface area contributed by atoms with Crippen molar-refractivity contribution in [2.75, 3.05) is 20.8 Å². The largest absolute Gasteiger partial charge is 0.496 e. The van der Waals surface area contributed by atoms with E-state index in [9.17, 15) is 9.59 Å². The average Bonchev–Trinajstić information content (AvgIpc) is 3.48. The zero-order chi connectivity index (χ0) is 28.3. The van der Waals surface area contributed by atoms with Gasteiger partial charge in [0.1, 0.15) is 29.7 Å². The molecule has 4 aromatic rings. The van der Waals surface area contributed by atoms with Crippen LogP contribution in [0.4, 0.5) is 4.79 Å². The highest BCUT2D eigenvalue weighted by atomic mass is 35.5. The van der Waals surface area contributed by atoms with Gasteiger partial charge in [0.25, 0.3) is 5.91 Å². The van der Waals surface area contributed by atoms with Crippen LogP contribution in [0.2, 0.25) is 5.02 Å². The van der Waals surface area contributed by atoms with Gasteiger partial charge in [0.2, 0.25) is 11.7 Å². The molecule has 10 nitrogen and oxygen atoms in total. The molecule has 3 aromatic carbocycles. The summed E-state index contributed by atoms with van der Waals surface area (Å²) in [5.41, 5.74) is 1.83. The van der Waals surface area contributed by atoms with Crippen LogP contribution in [0.5, 0.6) is 11.5 Å². The molecule has 0 fully saturated rings. The van der Waals surface area contributed by atoms with Crippen LogP contribution in [0.3, 0.4) is 0 Å². The van der Waals surface area contributed by atoms with Gasteiger partial charge < -0.3 is 29.4 Å². The summed E-state index contributed by atoms with van der Waals surface area (Å²) in [6.07, 6.45) is 0.323. The van der Waals surface area contributed by atoms with Gasteiger partial charge in [-0.05, 0) is 54.8 Å². The van der Waals surface area contributed by atoms with E-state index in [0.717, 1.165) is 5.56 Å². The highest BCUT2D eigenvalue weighted by Crippen LogP contribution is 2.30. The molecule has 1 unspecified atom stereocenters. The van der Waals surface area contributed by atoms with Gasteiger partial charge in [0, 0.05) is 17.1 Å². The van der Waals surface area contributed by atoms with Crippen molar-refractivity contribution in [1.82, 2.24) is 20.8 Å². The van der Waals surface area contributed by atoms with Crippen molar-refractivity contribution in [3.8, 4) is 22.9 Å². The number of hydrogen-bond donors (Lipinski definition) is 2. The molecule has 11 heteroatoms. The van der Waals surface area contributed by atoms with Gasteiger partial charge in [-0.3, -0.25) is 4.79 Å². The molecule has 4 rings (SSSR count). The molecule has 208 valence electrons. The summed E-state index contributed by atoms with van der Waals surface area (Å²) in [6.45, 7) is 0.470. The van der Waals surface area contributed by atoms with E-state index in [1.165, 1.54) is 14.2 Å². The highest BCUT2D eigenvalue weighted by Gasteiger charge is 2.26.